The number of ether oxygens (including phenoxy) is 1. The lowest BCUT2D eigenvalue weighted by molar-refractivity contribution is -0.124. The minimum absolute atomic E-state index is 0.459. The normalized spacial score (nSPS) is 12.5. The summed E-state index contributed by atoms with van der Waals surface area (Å²) in [7, 11) is 0. The summed E-state index contributed by atoms with van der Waals surface area (Å²) in [6, 6.07) is 22.9. The average molecular weight is 607 g/mol. The molecule has 0 spiro atoms. The van der Waals surface area contributed by atoms with Crippen molar-refractivity contribution in [2.45, 2.75) is 45.2 Å². The largest absolute Gasteiger partial charge is 0.444 e. The van der Waals surface area contributed by atoms with E-state index in [1.165, 1.54) is 5.56 Å². The van der Waals surface area contributed by atoms with E-state index >= 15 is 0 Å². The van der Waals surface area contributed by atoms with Crippen LogP contribution in [-0.4, -0.2) is 17.6 Å². The molecule has 9 nitrogen and oxygen atoms in total. The topological polar surface area (TPSA) is 141 Å². The molecule has 2 amide bonds. The molecule has 0 aliphatic rings. The molecule has 0 radical (unpaired) electrons. The number of carbonyl (C=O) groups excluding carboxylic acids is 2. The molecule has 7 N–H and O–H groups in total. The number of primary amides is 1. The molecular weight excluding hydrogens is 574 g/mol. The number of hydrazine groups is 1. The highest BCUT2D eigenvalue weighted by molar-refractivity contribution is 9.10. The van der Waals surface area contributed by atoms with Gasteiger partial charge in [-0.25, -0.2) is 10.2 Å². The molecule has 0 aliphatic carbocycles. The molecule has 11 heteroatoms. The van der Waals surface area contributed by atoms with Gasteiger partial charge in [0.05, 0.1) is 0 Å². The third-order valence-electron chi connectivity index (χ3n) is 4.75. The summed E-state index contributed by atoms with van der Waals surface area (Å²) in [5, 5.41) is 3.08. The molecule has 0 saturated carbocycles. The van der Waals surface area contributed by atoms with E-state index in [9.17, 15) is 9.59 Å². The molecule has 0 bridgehead atoms. The number of benzene rings is 3. The molecule has 0 aromatic heterocycles. The lowest BCUT2D eigenvalue weighted by atomic mass is 10.1. The highest BCUT2D eigenvalue weighted by Crippen LogP contribution is 2.20. The van der Waals surface area contributed by atoms with Crippen molar-refractivity contribution in [2.75, 3.05) is 0 Å². The number of hydrogen-bond donors (Lipinski definition) is 5. The summed E-state index contributed by atoms with van der Waals surface area (Å²) in [5.41, 5.74) is 17.7. The highest BCUT2D eigenvalue weighted by Gasteiger charge is 2.23. The maximum atomic E-state index is 12.2. The quantitative estimate of drug-likeness (QED) is 0.170. The van der Waals surface area contributed by atoms with E-state index in [1.807, 2.05) is 30.3 Å². The number of amides is 2. The molecular formula is C27H33BrClN5O4. The summed E-state index contributed by atoms with van der Waals surface area (Å²) >= 11 is 9.35. The lowest BCUT2D eigenvalue weighted by Gasteiger charge is -2.25. The van der Waals surface area contributed by atoms with Gasteiger partial charge in [-0.05, 0) is 56.2 Å². The van der Waals surface area contributed by atoms with E-state index in [-0.39, 0.29) is 0 Å². The Morgan fingerprint density at radius 2 is 1.63 bits per heavy atom. The van der Waals surface area contributed by atoms with Crippen LogP contribution in [0.5, 0.6) is 0 Å². The maximum absolute atomic E-state index is 12.2. The fourth-order valence-electron chi connectivity index (χ4n) is 3.00. The van der Waals surface area contributed by atoms with Crippen molar-refractivity contribution < 1.29 is 19.2 Å². The zero-order chi connectivity index (χ0) is 28.1. The number of alkyl carbamates (subject to hydrolysis) is 1. The first-order chi connectivity index (χ1) is 18.0. The van der Waals surface area contributed by atoms with Crippen LogP contribution >= 0.6 is 27.5 Å². The van der Waals surface area contributed by atoms with E-state index in [0.717, 1.165) is 4.47 Å². The van der Waals surface area contributed by atoms with Crippen LogP contribution in [0.15, 0.2) is 83.3 Å². The van der Waals surface area contributed by atoms with E-state index in [4.69, 9.17) is 32.6 Å². The van der Waals surface area contributed by atoms with Crippen molar-refractivity contribution in [3.8, 4) is 0 Å². The molecule has 0 heterocycles. The van der Waals surface area contributed by atoms with Gasteiger partial charge in [-0.3, -0.25) is 14.9 Å². The zero-order valence-corrected chi connectivity index (χ0v) is 23.8. The first-order valence-corrected chi connectivity index (χ1v) is 12.9. The molecule has 3 aromatic carbocycles. The van der Waals surface area contributed by atoms with Crippen molar-refractivity contribution in [3.63, 3.8) is 0 Å². The Labute approximate surface area is 236 Å². The SMILES string of the molecule is CC(C)(C)OC(=O)NC(ONNC(C(N)=O)c1cccc(Cl)c1)c1ccc(Br)cc1.NCc1ccccc1. The van der Waals surface area contributed by atoms with Crippen molar-refractivity contribution in [1.29, 1.82) is 0 Å². The van der Waals surface area contributed by atoms with Gasteiger partial charge in [-0.15, -0.1) is 5.59 Å². The van der Waals surface area contributed by atoms with Gasteiger partial charge in [-0.2, -0.15) is 0 Å². The fraction of sp³-hybridized carbons (Fsp3) is 0.259. The van der Waals surface area contributed by atoms with Crippen molar-refractivity contribution in [3.05, 3.63) is 105 Å². The zero-order valence-electron chi connectivity index (χ0n) is 21.4. The Hall–Kier alpha value is -2.99. The van der Waals surface area contributed by atoms with Gasteiger partial charge in [0, 0.05) is 21.6 Å². The second kappa shape index (κ2) is 15.4. The van der Waals surface area contributed by atoms with E-state index in [1.54, 1.807) is 69.3 Å². The van der Waals surface area contributed by atoms with E-state index in [2.05, 4.69) is 32.3 Å². The van der Waals surface area contributed by atoms with Gasteiger partial charge < -0.3 is 16.2 Å². The van der Waals surface area contributed by atoms with Crippen LogP contribution in [-0.2, 0) is 20.9 Å². The molecule has 2 unspecified atom stereocenters. The van der Waals surface area contributed by atoms with Crippen molar-refractivity contribution in [2.24, 2.45) is 11.5 Å². The van der Waals surface area contributed by atoms with Crippen molar-refractivity contribution in [1.82, 2.24) is 16.3 Å². The third-order valence-corrected chi connectivity index (χ3v) is 5.51. The summed E-state index contributed by atoms with van der Waals surface area (Å²) in [4.78, 5) is 29.6. The monoisotopic (exact) mass is 605 g/mol. The van der Waals surface area contributed by atoms with E-state index < -0.39 is 29.9 Å². The van der Waals surface area contributed by atoms with Crippen molar-refractivity contribution >= 4 is 39.5 Å². The third kappa shape index (κ3) is 11.6. The lowest BCUT2D eigenvalue weighted by Crippen LogP contribution is -2.45. The number of hydrogen-bond acceptors (Lipinski definition) is 7. The minimum Gasteiger partial charge on any atom is -0.444 e. The second-order valence-electron chi connectivity index (χ2n) is 9.02. The van der Waals surface area contributed by atoms with Crippen LogP contribution in [0, 0.1) is 0 Å². The molecule has 3 aromatic rings. The first-order valence-electron chi connectivity index (χ1n) is 11.7. The number of carbonyl (C=O) groups is 2. The van der Waals surface area contributed by atoms with Gasteiger partial charge in [0.25, 0.3) is 0 Å². The summed E-state index contributed by atoms with van der Waals surface area (Å²) in [6.07, 6.45) is -1.59. The predicted octanol–water partition coefficient (Wildman–Crippen LogP) is 5.02. The highest BCUT2D eigenvalue weighted by atomic mass is 79.9. The number of nitrogens with one attached hydrogen (secondary N) is 3. The second-order valence-corrected chi connectivity index (χ2v) is 10.4. The van der Waals surface area contributed by atoms with Gasteiger partial charge >= 0.3 is 6.09 Å². The Morgan fingerprint density at radius 1 is 0.974 bits per heavy atom. The van der Waals surface area contributed by atoms with Crippen LogP contribution in [0.1, 0.15) is 49.7 Å². The Balaban J connectivity index is 0.000000538. The van der Waals surface area contributed by atoms with Gasteiger partial charge in [-0.1, -0.05) is 82.1 Å². The standard InChI is InChI=1S/C20H24BrClN4O4.C7H9N/c1-20(2,3)29-19(28)24-18(12-7-9-14(21)10-8-12)30-26-25-16(17(23)27)13-5-4-6-15(22)11-13;8-6-7-4-2-1-3-5-7/h4-11,16,18,25-26H,1-3H3,(H2,23,27)(H,24,28);1-5H,6,8H2. The first kappa shape index (κ1) is 31.2. The molecule has 0 fully saturated rings. The smallest absolute Gasteiger partial charge is 0.410 e. The number of halogens is 2. The van der Waals surface area contributed by atoms with Crippen LogP contribution < -0.4 is 27.8 Å². The van der Waals surface area contributed by atoms with Gasteiger partial charge in [0.15, 0.2) is 6.23 Å². The summed E-state index contributed by atoms with van der Waals surface area (Å²) < 4.78 is 6.15. The molecule has 0 aliphatic heterocycles. The van der Waals surface area contributed by atoms with Gasteiger partial charge in [0.2, 0.25) is 5.91 Å². The molecule has 2 atom stereocenters. The van der Waals surface area contributed by atoms with Crippen LogP contribution in [0.25, 0.3) is 0 Å². The van der Waals surface area contributed by atoms with E-state index in [0.29, 0.717) is 22.7 Å². The molecule has 38 heavy (non-hydrogen) atoms. The fourth-order valence-corrected chi connectivity index (χ4v) is 3.47. The number of rotatable bonds is 9. The Morgan fingerprint density at radius 3 is 2.16 bits per heavy atom. The molecule has 204 valence electrons. The summed E-state index contributed by atoms with van der Waals surface area (Å²) in [5.74, 6) is -0.645. The molecule has 0 saturated heterocycles. The predicted molar refractivity (Wildman–Crippen MR) is 151 cm³/mol. The average Bonchev–Trinajstić information content (AvgIpc) is 2.86. The number of nitrogens with two attached hydrogens (primary N) is 2. The van der Waals surface area contributed by atoms with Crippen LogP contribution in [0.3, 0.4) is 0 Å². The molecule has 3 rings (SSSR count). The summed E-state index contributed by atoms with van der Waals surface area (Å²) in [6.45, 7) is 5.90. The minimum atomic E-state index is -0.923. The Kier molecular flexibility index (Phi) is 12.7. The van der Waals surface area contributed by atoms with Gasteiger partial charge in [0.1, 0.15) is 11.6 Å². The van der Waals surface area contributed by atoms with Crippen LogP contribution in [0.2, 0.25) is 5.02 Å². The Bertz CT molecular complexity index is 1160. The van der Waals surface area contributed by atoms with Crippen LogP contribution in [0.4, 0.5) is 4.79 Å². The maximum Gasteiger partial charge on any atom is 0.410 e.